The highest BCUT2D eigenvalue weighted by molar-refractivity contribution is 6.30. The van der Waals surface area contributed by atoms with Gasteiger partial charge in [-0.05, 0) is 36.4 Å². The van der Waals surface area contributed by atoms with Crippen LogP contribution in [0.2, 0.25) is 5.02 Å². The fraction of sp³-hybridized carbons (Fsp3) is 0. The van der Waals surface area contributed by atoms with Crippen LogP contribution in [0, 0.1) is 0 Å². The van der Waals surface area contributed by atoms with E-state index in [2.05, 4.69) is 0 Å². The molecule has 0 unspecified atom stereocenters. The summed E-state index contributed by atoms with van der Waals surface area (Å²) < 4.78 is 10.6. The molecule has 0 saturated carbocycles. The summed E-state index contributed by atoms with van der Waals surface area (Å²) in [5, 5.41) is 19.7. The van der Waals surface area contributed by atoms with Gasteiger partial charge in [0.2, 0.25) is 16.9 Å². The first-order valence-corrected chi connectivity index (χ1v) is 6.34. The number of aromatic hydroxyl groups is 2. The van der Waals surface area contributed by atoms with E-state index in [4.69, 9.17) is 20.8 Å². The van der Waals surface area contributed by atoms with Crippen LogP contribution in [0.25, 0.3) is 11.0 Å². The van der Waals surface area contributed by atoms with E-state index in [1.807, 2.05) is 0 Å². The van der Waals surface area contributed by atoms with E-state index in [0.717, 1.165) is 6.26 Å². The molecular formula is C15H9ClO5. The zero-order chi connectivity index (χ0) is 15.0. The third-order valence-electron chi connectivity index (χ3n) is 2.90. The maximum Gasteiger partial charge on any atom is 0.235 e. The molecule has 0 bridgehead atoms. The maximum absolute atomic E-state index is 12.3. The van der Waals surface area contributed by atoms with E-state index in [1.54, 1.807) is 24.3 Å². The van der Waals surface area contributed by atoms with Crippen molar-refractivity contribution in [3.63, 3.8) is 0 Å². The predicted octanol–water partition coefficient (Wildman–Crippen LogP) is 3.65. The summed E-state index contributed by atoms with van der Waals surface area (Å²) in [6, 6.07) is 9.04. The topological polar surface area (TPSA) is 79.9 Å². The van der Waals surface area contributed by atoms with Gasteiger partial charge in [0, 0.05) is 5.02 Å². The molecule has 1 heterocycles. The average Bonchev–Trinajstić information content (AvgIpc) is 2.48. The molecule has 2 aromatic carbocycles. The third-order valence-corrected chi connectivity index (χ3v) is 3.16. The molecule has 3 rings (SSSR count). The van der Waals surface area contributed by atoms with Crippen LogP contribution < -0.4 is 10.2 Å². The number of phenols is 2. The molecule has 0 spiro atoms. The fourth-order valence-corrected chi connectivity index (χ4v) is 1.98. The van der Waals surface area contributed by atoms with Crippen molar-refractivity contribution in [2.24, 2.45) is 0 Å². The quantitative estimate of drug-likeness (QED) is 0.706. The second-order valence-electron chi connectivity index (χ2n) is 4.30. The van der Waals surface area contributed by atoms with Gasteiger partial charge in [0.1, 0.15) is 12.0 Å². The van der Waals surface area contributed by atoms with Gasteiger partial charge in [0.25, 0.3) is 0 Å². The molecule has 106 valence electrons. The lowest BCUT2D eigenvalue weighted by Gasteiger charge is -2.06. The number of fused-ring (bicyclic) bond motifs is 1. The Balaban J connectivity index is 2.08. The van der Waals surface area contributed by atoms with Gasteiger partial charge >= 0.3 is 0 Å². The molecule has 3 aromatic rings. The Labute approximate surface area is 123 Å². The van der Waals surface area contributed by atoms with Gasteiger partial charge in [-0.15, -0.1) is 0 Å². The molecule has 5 nitrogen and oxygen atoms in total. The van der Waals surface area contributed by atoms with Crippen LogP contribution in [0.1, 0.15) is 0 Å². The van der Waals surface area contributed by atoms with Crippen LogP contribution in [0.15, 0.2) is 51.9 Å². The van der Waals surface area contributed by atoms with Gasteiger partial charge in [-0.25, -0.2) is 0 Å². The van der Waals surface area contributed by atoms with Gasteiger partial charge < -0.3 is 19.4 Å². The smallest absolute Gasteiger partial charge is 0.235 e. The standard InChI is InChI=1S/C15H9ClO5/c16-8-1-3-9(4-2-8)21-12-7-20-15-10(13(12)18)5-6-11(17)14(15)19/h1-7,17,19H. The minimum Gasteiger partial charge on any atom is -0.504 e. The summed E-state index contributed by atoms with van der Waals surface area (Å²) in [6.45, 7) is 0. The van der Waals surface area contributed by atoms with E-state index in [1.165, 1.54) is 12.1 Å². The normalized spacial score (nSPS) is 10.7. The Morgan fingerprint density at radius 3 is 2.48 bits per heavy atom. The van der Waals surface area contributed by atoms with Crippen LogP contribution in [-0.2, 0) is 0 Å². The highest BCUT2D eigenvalue weighted by atomic mass is 35.5. The molecule has 0 aliphatic rings. The summed E-state index contributed by atoms with van der Waals surface area (Å²) in [7, 11) is 0. The third kappa shape index (κ3) is 2.39. The second-order valence-corrected chi connectivity index (χ2v) is 4.73. The first kappa shape index (κ1) is 13.3. The number of ether oxygens (including phenoxy) is 1. The highest BCUT2D eigenvalue weighted by Gasteiger charge is 2.14. The van der Waals surface area contributed by atoms with Crippen LogP contribution in [-0.4, -0.2) is 10.2 Å². The number of rotatable bonds is 2. The van der Waals surface area contributed by atoms with Gasteiger partial charge in [0.05, 0.1) is 5.39 Å². The molecule has 0 amide bonds. The number of halogens is 1. The lowest BCUT2D eigenvalue weighted by Crippen LogP contribution is -2.04. The van der Waals surface area contributed by atoms with E-state index >= 15 is 0 Å². The van der Waals surface area contributed by atoms with Crippen molar-refractivity contribution in [1.29, 1.82) is 0 Å². The van der Waals surface area contributed by atoms with Crippen molar-refractivity contribution in [2.75, 3.05) is 0 Å². The largest absolute Gasteiger partial charge is 0.504 e. The number of benzene rings is 2. The van der Waals surface area contributed by atoms with E-state index < -0.39 is 11.2 Å². The van der Waals surface area contributed by atoms with Crippen molar-refractivity contribution < 1.29 is 19.4 Å². The Morgan fingerprint density at radius 1 is 1.05 bits per heavy atom. The van der Waals surface area contributed by atoms with Crippen molar-refractivity contribution >= 4 is 22.6 Å². The van der Waals surface area contributed by atoms with E-state index in [0.29, 0.717) is 10.8 Å². The first-order valence-electron chi connectivity index (χ1n) is 5.96. The molecule has 6 heteroatoms. The molecule has 1 aromatic heterocycles. The fourth-order valence-electron chi connectivity index (χ4n) is 1.86. The van der Waals surface area contributed by atoms with Gasteiger partial charge in [-0.1, -0.05) is 11.6 Å². The maximum atomic E-state index is 12.3. The Morgan fingerprint density at radius 2 is 1.76 bits per heavy atom. The molecule has 0 atom stereocenters. The van der Waals surface area contributed by atoms with Crippen molar-refractivity contribution in [2.45, 2.75) is 0 Å². The molecule has 0 saturated heterocycles. The average molecular weight is 305 g/mol. The van der Waals surface area contributed by atoms with Gasteiger partial charge in [0.15, 0.2) is 11.3 Å². The minimum absolute atomic E-state index is 0.0325. The van der Waals surface area contributed by atoms with E-state index in [9.17, 15) is 15.0 Å². The van der Waals surface area contributed by atoms with Gasteiger partial charge in [-0.3, -0.25) is 4.79 Å². The summed E-state index contributed by atoms with van der Waals surface area (Å²) in [4.78, 5) is 12.3. The van der Waals surface area contributed by atoms with Gasteiger partial charge in [-0.2, -0.15) is 0 Å². The summed E-state index contributed by atoms with van der Waals surface area (Å²) in [5.74, 6) is -0.455. The molecule has 0 aliphatic carbocycles. The highest BCUT2D eigenvalue weighted by Crippen LogP contribution is 2.33. The Hall–Kier alpha value is -2.66. The van der Waals surface area contributed by atoms with Crippen molar-refractivity contribution in [1.82, 2.24) is 0 Å². The molecule has 0 aliphatic heterocycles. The molecular weight excluding hydrogens is 296 g/mol. The second kappa shape index (κ2) is 5.03. The van der Waals surface area contributed by atoms with Crippen LogP contribution >= 0.6 is 11.6 Å². The SMILES string of the molecule is O=c1c(Oc2ccc(Cl)cc2)coc2c(O)c(O)ccc12. The van der Waals surface area contributed by atoms with Crippen LogP contribution in [0.5, 0.6) is 23.0 Å². The zero-order valence-electron chi connectivity index (χ0n) is 10.5. The molecule has 0 radical (unpaired) electrons. The minimum atomic E-state index is -0.484. The lowest BCUT2D eigenvalue weighted by atomic mass is 10.2. The van der Waals surface area contributed by atoms with Crippen LogP contribution in [0.3, 0.4) is 0 Å². The monoisotopic (exact) mass is 304 g/mol. The summed E-state index contributed by atoms with van der Waals surface area (Å²) >= 11 is 5.77. The van der Waals surface area contributed by atoms with E-state index in [-0.39, 0.29) is 22.5 Å². The number of hydrogen-bond donors (Lipinski definition) is 2. The predicted molar refractivity (Wildman–Crippen MR) is 77.3 cm³/mol. The lowest BCUT2D eigenvalue weighted by molar-refractivity contribution is 0.396. The summed E-state index contributed by atoms with van der Waals surface area (Å²) in [5.41, 5.74) is -0.551. The van der Waals surface area contributed by atoms with Crippen LogP contribution in [0.4, 0.5) is 0 Å². The zero-order valence-corrected chi connectivity index (χ0v) is 11.3. The molecule has 0 fully saturated rings. The first-order chi connectivity index (χ1) is 10.1. The number of hydrogen-bond acceptors (Lipinski definition) is 5. The van der Waals surface area contributed by atoms with Crippen molar-refractivity contribution in [3.8, 4) is 23.0 Å². The molecule has 21 heavy (non-hydrogen) atoms. The number of phenolic OH excluding ortho intramolecular Hbond substituents is 2. The van der Waals surface area contributed by atoms with Crippen molar-refractivity contribution in [3.05, 3.63) is 57.9 Å². The Bertz CT molecular complexity index is 868. The Kier molecular flexibility index (Phi) is 3.19. The molecule has 2 N–H and O–H groups in total. The summed E-state index contributed by atoms with van der Waals surface area (Å²) in [6.07, 6.45) is 1.08.